The summed E-state index contributed by atoms with van der Waals surface area (Å²) in [7, 11) is 3.33. The van der Waals surface area contributed by atoms with Crippen molar-refractivity contribution in [1.82, 2.24) is 10.7 Å². The minimum atomic E-state index is 0.454. The second kappa shape index (κ2) is 8.76. The van der Waals surface area contributed by atoms with Gasteiger partial charge in [-0.25, -0.2) is 0 Å². The van der Waals surface area contributed by atoms with Crippen LogP contribution >= 0.6 is 28.1 Å². The number of nitrogens with zero attached hydrogens (tertiary/aromatic N) is 1. The van der Waals surface area contributed by atoms with Crippen LogP contribution in [-0.2, 0) is 0 Å². The van der Waals surface area contributed by atoms with Gasteiger partial charge in [0.1, 0.15) is 0 Å². The first-order chi connectivity index (χ1) is 9.62. The summed E-state index contributed by atoms with van der Waals surface area (Å²) in [4.78, 5) is 0. The molecule has 0 aliphatic rings. The maximum Gasteiger partial charge on any atom is 0.186 e. The molecule has 0 heterocycles. The average molecular weight is 360 g/mol. The van der Waals surface area contributed by atoms with Crippen LogP contribution in [0.2, 0.25) is 0 Å². The summed E-state index contributed by atoms with van der Waals surface area (Å²) in [5, 5.41) is 7.25. The van der Waals surface area contributed by atoms with Crippen molar-refractivity contribution in [3.63, 3.8) is 0 Å². The zero-order valence-corrected chi connectivity index (χ0v) is 14.1. The first-order valence-corrected chi connectivity index (χ1v) is 7.33. The van der Waals surface area contributed by atoms with Gasteiger partial charge in [0.25, 0.3) is 0 Å². The van der Waals surface area contributed by atoms with Crippen molar-refractivity contribution >= 4 is 39.5 Å². The van der Waals surface area contributed by atoms with E-state index in [1.807, 2.05) is 12.1 Å². The standard InChI is InChI=1S/C13H18BrN3O2S/c1-4-5-19-12-10(14)6-9(7-11(12)18-3)8-16-17-13(20)15-2/h6-8H,4-5H2,1-3H3,(H2,15,17,20)/b16-8-. The predicted molar refractivity (Wildman–Crippen MR) is 88.9 cm³/mol. The van der Waals surface area contributed by atoms with Gasteiger partial charge < -0.3 is 14.8 Å². The summed E-state index contributed by atoms with van der Waals surface area (Å²) < 4.78 is 11.8. The van der Waals surface area contributed by atoms with Crippen LogP contribution in [0.5, 0.6) is 11.5 Å². The van der Waals surface area contributed by atoms with E-state index >= 15 is 0 Å². The van der Waals surface area contributed by atoms with E-state index in [4.69, 9.17) is 21.7 Å². The molecule has 1 aromatic carbocycles. The summed E-state index contributed by atoms with van der Waals surface area (Å²) in [6.45, 7) is 2.69. The van der Waals surface area contributed by atoms with E-state index in [0.717, 1.165) is 16.5 Å². The molecule has 0 atom stereocenters. The minimum absolute atomic E-state index is 0.454. The van der Waals surface area contributed by atoms with Gasteiger partial charge in [-0.3, -0.25) is 5.43 Å². The van der Waals surface area contributed by atoms with E-state index in [1.54, 1.807) is 20.4 Å². The average Bonchev–Trinajstić information content (AvgIpc) is 2.45. The number of rotatable bonds is 6. The number of benzene rings is 1. The SMILES string of the molecule is CCCOc1c(Br)cc(/C=N\NC(=S)NC)cc1OC. The zero-order valence-electron chi connectivity index (χ0n) is 11.7. The van der Waals surface area contributed by atoms with Gasteiger partial charge in [-0.1, -0.05) is 6.92 Å². The lowest BCUT2D eigenvalue weighted by molar-refractivity contribution is 0.292. The Morgan fingerprint density at radius 3 is 2.85 bits per heavy atom. The van der Waals surface area contributed by atoms with Gasteiger partial charge in [0, 0.05) is 7.05 Å². The Bertz CT molecular complexity index is 495. The molecule has 0 unspecified atom stereocenters. The normalized spacial score (nSPS) is 10.4. The molecule has 0 radical (unpaired) electrons. The van der Waals surface area contributed by atoms with Gasteiger partial charge in [-0.15, -0.1) is 0 Å². The summed E-state index contributed by atoms with van der Waals surface area (Å²) in [6, 6.07) is 3.75. The molecule has 0 saturated heterocycles. The number of halogens is 1. The molecule has 2 N–H and O–H groups in total. The lowest BCUT2D eigenvalue weighted by Crippen LogP contribution is -2.28. The molecule has 1 rings (SSSR count). The fourth-order valence-electron chi connectivity index (χ4n) is 1.38. The lowest BCUT2D eigenvalue weighted by atomic mass is 10.2. The van der Waals surface area contributed by atoms with Crippen LogP contribution in [0.15, 0.2) is 21.7 Å². The van der Waals surface area contributed by atoms with Crippen LogP contribution in [0.25, 0.3) is 0 Å². The molecule has 1 aromatic rings. The first kappa shape index (κ1) is 16.7. The number of hydrazone groups is 1. The highest BCUT2D eigenvalue weighted by atomic mass is 79.9. The highest BCUT2D eigenvalue weighted by Crippen LogP contribution is 2.36. The summed E-state index contributed by atoms with van der Waals surface area (Å²) in [5.74, 6) is 1.36. The molecule has 0 aliphatic carbocycles. The molecule has 110 valence electrons. The van der Waals surface area contributed by atoms with E-state index < -0.39 is 0 Å². The van der Waals surface area contributed by atoms with E-state index in [0.29, 0.717) is 23.2 Å². The number of hydrogen-bond donors (Lipinski definition) is 2. The Labute approximate surface area is 132 Å². The van der Waals surface area contributed by atoms with Crippen molar-refractivity contribution in [2.24, 2.45) is 5.10 Å². The third-order valence-corrected chi connectivity index (χ3v) is 3.19. The van der Waals surface area contributed by atoms with Crippen molar-refractivity contribution < 1.29 is 9.47 Å². The van der Waals surface area contributed by atoms with Crippen molar-refractivity contribution in [2.75, 3.05) is 20.8 Å². The molecule has 0 fully saturated rings. The van der Waals surface area contributed by atoms with Gasteiger partial charge >= 0.3 is 0 Å². The van der Waals surface area contributed by atoms with Gasteiger partial charge in [0.05, 0.1) is 24.4 Å². The van der Waals surface area contributed by atoms with Gasteiger partial charge in [0.2, 0.25) is 0 Å². The zero-order chi connectivity index (χ0) is 15.0. The number of thiocarbonyl (C=S) groups is 1. The number of ether oxygens (including phenoxy) is 2. The first-order valence-electron chi connectivity index (χ1n) is 6.13. The Morgan fingerprint density at radius 1 is 1.50 bits per heavy atom. The van der Waals surface area contributed by atoms with Crippen LogP contribution in [0.1, 0.15) is 18.9 Å². The Morgan fingerprint density at radius 2 is 2.25 bits per heavy atom. The van der Waals surface area contributed by atoms with Crippen molar-refractivity contribution in [3.05, 3.63) is 22.2 Å². The molecule has 0 saturated carbocycles. The molecular formula is C13H18BrN3O2S. The van der Waals surface area contributed by atoms with Crippen molar-refractivity contribution in [2.45, 2.75) is 13.3 Å². The quantitative estimate of drug-likeness (QED) is 0.464. The molecular weight excluding hydrogens is 342 g/mol. The summed E-state index contributed by atoms with van der Waals surface area (Å²) >= 11 is 8.40. The van der Waals surface area contributed by atoms with Crippen LogP contribution in [0.3, 0.4) is 0 Å². The number of nitrogens with one attached hydrogen (secondary N) is 2. The highest BCUT2D eigenvalue weighted by Gasteiger charge is 2.10. The smallest absolute Gasteiger partial charge is 0.186 e. The molecule has 5 nitrogen and oxygen atoms in total. The molecule has 0 bridgehead atoms. The highest BCUT2D eigenvalue weighted by molar-refractivity contribution is 9.10. The van der Waals surface area contributed by atoms with Crippen LogP contribution in [-0.4, -0.2) is 32.1 Å². The van der Waals surface area contributed by atoms with Gasteiger partial charge in [-0.2, -0.15) is 5.10 Å². The minimum Gasteiger partial charge on any atom is -0.493 e. The second-order valence-electron chi connectivity index (χ2n) is 3.83. The third kappa shape index (κ3) is 4.97. The van der Waals surface area contributed by atoms with Crippen molar-refractivity contribution in [1.29, 1.82) is 0 Å². The van der Waals surface area contributed by atoms with Gasteiger partial charge in [0.15, 0.2) is 16.6 Å². The fourth-order valence-corrected chi connectivity index (χ4v) is 2.01. The second-order valence-corrected chi connectivity index (χ2v) is 5.09. The third-order valence-electron chi connectivity index (χ3n) is 2.31. The van der Waals surface area contributed by atoms with Crippen LogP contribution < -0.4 is 20.2 Å². The van der Waals surface area contributed by atoms with E-state index in [9.17, 15) is 0 Å². The Kier molecular flexibility index (Phi) is 7.32. The maximum absolute atomic E-state index is 5.66. The topological polar surface area (TPSA) is 54.9 Å². The van der Waals surface area contributed by atoms with E-state index in [1.165, 1.54) is 0 Å². The Hall–Kier alpha value is -1.34. The molecule has 0 amide bonds. The fraction of sp³-hybridized carbons (Fsp3) is 0.385. The molecule has 0 aliphatic heterocycles. The lowest BCUT2D eigenvalue weighted by Gasteiger charge is -2.12. The van der Waals surface area contributed by atoms with E-state index in [-0.39, 0.29) is 0 Å². The van der Waals surface area contributed by atoms with Crippen LogP contribution in [0.4, 0.5) is 0 Å². The summed E-state index contributed by atoms with van der Waals surface area (Å²) in [6.07, 6.45) is 2.59. The molecule has 20 heavy (non-hydrogen) atoms. The molecule has 0 spiro atoms. The van der Waals surface area contributed by atoms with Crippen LogP contribution in [0, 0.1) is 0 Å². The molecule has 7 heteroatoms. The van der Waals surface area contributed by atoms with Gasteiger partial charge in [-0.05, 0) is 52.3 Å². The van der Waals surface area contributed by atoms with Crippen molar-refractivity contribution in [3.8, 4) is 11.5 Å². The maximum atomic E-state index is 5.66. The van der Waals surface area contributed by atoms with E-state index in [2.05, 4.69) is 38.7 Å². The monoisotopic (exact) mass is 359 g/mol. The predicted octanol–water partition coefficient (Wildman–Crippen LogP) is 2.67. The summed E-state index contributed by atoms with van der Waals surface area (Å²) in [5.41, 5.74) is 3.55. The largest absolute Gasteiger partial charge is 0.493 e. The number of hydrogen-bond acceptors (Lipinski definition) is 4. The number of methoxy groups -OCH3 is 1. The Balaban J connectivity index is 2.89. The molecule has 0 aromatic heterocycles.